The minimum absolute atomic E-state index is 0.351. The molecule has 0 saturated carbocycles. The second-order valence-corrected chi connectivity index (χ2v) is 6.70. The van der Waals surface area contributed by atoms with Gasteiger partial charge in [0, 0.05) is 24.9 Å². The van der Waals surface area contributed by atoms with E-state index in [1.807, 2.05) is 27.7 Å². The molecule has 0 aliphatic heterocycles. The molecule has 1 amide bonds. The number of aromatic nitrogens is 1. The van der Waals surface area contributed by atoms with Gasteiger partial charge in [-0.05, 0) is 40.7 Å². The Morgan fingerprint density at radius 2 is 2.10 bits per heavy atom. The number of aryl methyl sites for hydroxylation is 1. The molecule has 2 N–H and O–H groups in total. The number of carbonyl (C=O) groups excluding carboxylic acids is 1. The highest BCUT2D eigenvalue weighted by atomic mass is 32.1. The fourth-order valence-corrected chi connectivity index (χ4v) is 2.23. The van der Waals surface area contributed by atoms with E-state index in [4.69, 9.17) is 4.74 Å². The fraction of sp³-hybridized carbons (Fsp3) is 0.714. The van der Waals surface area contributed by atoms with Crippen LogP contribution in [0.25, 0.3) is 0 Å². The Morgan fingerprint density at radius 3 is 2.70 bits per heavy atom. The SMILES string of the molecule is Cc1nc(CCNCCCNC(=O)OC(C)(C)C)cs1. The van der Waals surface area contributed by atoms with Gasteiger partial charge in [-0.2, -0.15) is 0 Å². The van der Waals surface area contributed by atoms with Crippen molar-refractivity contribution in [3.63, 3.8) is 0 Å². The van der Waals surface area contributed by atoms with Crippen molar-refractivity contribution >= 4 is 17.4 Å². The minimum Gasteiger partial charge on any atom is -0.444 e. The molecule has 0 aliphatic rings. The third-order valence-electron chi connectivity index (χ3n) is 2.42. The van der Waals surface area contributed by atoms with E-state index in [-0.39, 0.29) is 6.09 Å². The normalized spacial score (nSPS) is 11.4. The molecule has 20 heavy (non-hydrogen) atoms. The van der Waals surface area contributed by atoms with Crippen molar-refractivity contribution in [2.75, 3.05) is 19.6 Å². The highest BCUT2D eigenvalue weighted by Gasteiger charge is 2.15. The number of hydrogen-bond donors (Lipinski definition) is 2. The van der Waals surface area contributed by atoms with E-state index in [0.717, 1.165) is 36.6 Å². The molecule has 1 rings (SSSR count). The van der Waals surface area contributed by atoms with Gasteiger partial charge in [-0.15, -0.1) is 11.3 Å². The maximum absolute atomic E-state index is 11.4. The van der Waals surface area contributed by atoms with E-state index >= 15 is 0 Å². The van der Waals surface area contributed by atoms with Gasteiger partial charge in [0.1, 0.15) is 5.60 Å². The average Bonchev–Trinajstić information content (AvgIpc) is 2.71. The smallest absolute Gasteiger partial charge is 0.407 e. The maximum Gasteiger partial charge on any atom is 0.407 e. The molecule has 0 saturated heterocycles. The molecule has 0 radical (unpaired) electrons. The number of amides is 1. The van der Waals surface area contributed by atoms with Crippen LogP contribution in [-0.4, -0.2) is 36.3 Å². The molecule has 1 heterocycles. The molecule has 5 nitrogen and oxygen atoms in total. The number of nitrogens with zero attached hydrogens (tertiary/aromatic N) is 1. The number of thiazole rings is 1. The Kier molecular flexibility index (Phi) is 6.95. The van der Waals surface area contributed by atoms with Crippen molar-refractivity contribution in [2.24, 2.45) is 0 Å². The van der Waals surface area contributed by atoms with Crippen LogP contribution < -0.4 is 10.6 Å². The summed E-state index contributed by atoms with van der Waals surface area (Å²) < 4.78 is 5.15. The van der Waals surface area contributed by atoms with Crippen molar-refractivity contribution in [3.05, 3.63) is 16.1 Å². The first-order valence-electron chi connectivity index (χ1n) is 6.95. The van der Waals surface area contributed by atoms with Crippen molar-refractivity contribution in [3.8, 4) is 0 Å². The molecule has 114 valence electrons. The second kappa shape index (κ2) is 8.21. The summed E-state index contributed by atoms with van der Waals surface area (Å²) >= 11 is 1.68. The molecule has 0 bridgehead atoms. The molecule has 0 fully saturated rings. The van der Waals surface area contributed by atoms with Gasteiger partial charge in [0.25, 0.3) is 0 Å². The van der Waals surface area contributed by atoms with Crippen molar-refractivity contribution in [2.45, 2.75) is 46.1 Å². The monoisotopic (exact) mass is 299 g/mol. The van der Waals surface area contributed by atoms with Gasteiger partial charge in [-0.1, -0.05) is 0 Å². The minimum atomic E-state index is -0.437. The van der Waals surface area contributed by atoms with E-state index < -0.39 is 5.60 Å². The highest BCUT2D eigenvalue weighted by molar-refractivity contribution is 7.09. The van der Waals surface area contributed by atoms with Gasteiger partial charge in [0.2, 0.25) is 0 Å². The zero-order chi connectivity index (χ0) is 15.0. The van der Waals surface area contributed by atoms with Crippen LogP contribution in [-0.2, 0) is 11.2 Å². The van der Waals surface area contributed by atoms with Gasteiger partial charge in [0.15, 0.2) is 0 Å². The summed E-state index contributed by atoms with van der Waals surface area (Å²) in [5.41, 5.74) is 0.709. The molecule has 1 aromatic heterocycles. The molecule has 0 unspecified atom stereocenters. The largest absolute Gasteiger partial charge is 0.444 e. The van der Waals surface area contributed by atoms with E-state index in [9.17, 15) is 4.79 Å². The van der Waals surface area contributed by atoms with Gasteiger partial charge in [-0.25, -0.2) is 9.78 Å². The van der Waals surface area contributed by atoms with Crippen molar-refractivity contribution < 1.29 is 9.53 Å². The second-order valence-electron chi connectivity index (χ2n) is 5.64. The molecular weight excluding hydrogens is 274 g/mol. The fourth-order valence-electron chi connectivity index (χ4n) is 1.58. The predicted octanol–water partition coefficient (Wildman–Crippen LogP) is 2.50. The standard InChI is InChI=1S/C14H25N3O2S/c1-11-17-12(10-20-11)6-9-15-7-5-8-16-13(18)19-14(2,3)4/h10,15H,5-9H2,1-4H3,(H,16,18). The number of carbonyl (C=O) groups is 1. The number of rotatable bonds is 7. The lowest BCUT2D eigenvalue weighted by Crippen LogP contribution is -2.34. The topological polar surface area (TPSA) is 63.2 Å². The number of nitrogens with one attached hydrogen (secondary N) is 2. The zero-order valence-corrected chi connectivity index (χ0v) is 13.6. The number of ether oxygens (including phenoxy) is 1. The van der Waals surface area contributed by atoms with Gasteiger partial charge < -0.3 is 15.4 Å². The van der Waals surface area contributed by atoms with Crippen LogP contribution in [0, 0.1) is 6.92 Å². The highest BCUT2D eigenvalue weighted by Crippen LogP contribution is 2.07. The predicted molar refractivity (Wildman–Crippen MR) is 82.3 cm³/mol. The zero-order valence-electron chi connectivity index (χ0n) is 12.8. The van der Waals surface area contributed by atoms with Crippen LogP contribution >= 0.6 is 11.3 Å². The van der Waals surface area contributed by atoms with E-state index in [2.05, 4.69) is 21.0 Å². The van der Waals surface area contributed by atoms with Gasteiger partial charge in [0.05, 0.1) is 10.7 Å². The lowest BCUT2D eigenvalue weighted by atomic mass is 10.2. The third kappa shape index (κ3) is 8.12. The first-order valence-corrected chi connectivity index (χ1v) is 7.83. The molecule has 1 aromatic rings. The summed E-state index contributed by atoms with van der Waals surface area (Å²) in [4.78, 5) is 15.8. The summed E-state index contributed by atoms with van der Waals surface area (Å²) in [6.45, 7) is 9.99. The van der Waals surface area contributed by atoms with Crippen molar-refractivity contribution in [1.29, 1.82) is 0 Å². The Morgan fingerprint density at radius 1 is 1.35 bits per heavy atom. The summed E-state index contributed by atoms with van der Waals surface area (Å²) in [6.07, 6.45) is 1.48. The number of alkyl carbamates (subject to hydrolysis) is 1. The Balaban J connectivity index is 1.96. The number of hydrogen-bond acceptors (Lipinski definition) is 5. The van der Waals surface area contributed by atoms with Crippen LogP contribution in [0.4, 0.5) is 4.79 Å². The summed E-state index contributed by atoms with van der Waals surface area (Å²) in [6, 6.07) is 0. The van der Waals surface area contributed by atoms with E-state index in [0.29, 0.717) is 6.54 Å². The summed E-state index contributed by atoms with van der Waals surface area (Å²) in [7, 11) is 0. The Hall–Kier alpha value is -1.14. The van der Waals surface area contributed by atoms with Crippen LogP contribution in [0.1, 0.15) is 37.9 Å². The maximum atomic E-state index is 11.4. The third-order valence-corrected chi connectivity index (χ3v) is 3.25. The van der Waals surface area contributed by atoms with Crippen LogP contribution in [0.2, 0.25) is 0 Å². The average molecular weight is 299 g/mol. The summed E-state index contributed by atoms with van der Waals surface area (Å²) in [5, 5.41) is 9.29. The van der Waals surface area contributed by atoms with E-state index in [1.165, 1.54) is 0 Å². The molecule has 6 heteroatoms. The Bertz CT molecular complexity index is 413. The first kappa shape index (κ1) is 16.9. The van der Waals surface area contributed by atoms with Crippen LogP contribution in [0.15, 0.2) is 5.38 Å². The molecule has 0 aliphatic carbocycles. The van der Waals surface area contributed by atoms with Gasteiger partial charge in [-0.3, -0.25) is 0 Å². The lowest BCUT2D eigenvalue weighted by Gasteiger charge is -2.19. The quantitative estimate of drug-likeness (QED) is 0.759. The van der Waals surface area contributed by atoms with Crippen LogP contribution in [0.3, 0.4) is 0 Å². The Labute approximate surface area is 125 Å². The van der Waals surface area contributed by atoms with E-state index in [1.54, 1.807) is 11.3 Å². The molecular formula is C14H25N3O2S. The van der Waals surface area contributed by atoms with Gasteiger partial charge >= 0.3 is 6.09 Å². The lowest BCUT2D eigenvalue weighted by molar-refractivity contribution is 0.0527. The summed E-state index contributed by atoms with van der Waals surface area (Å²) in [5.74, 6) is 0. The molecule has 0 atom stereocenters. The molecule has 0 aromatic carbocycles. The van der Waals surface area contributed by atoms with Crippen LogP contribution in [0.5, 0.6) is 0 Å². The van der Waals surface area contributed by atoms with Crippen molar-refractivity contribution in [1.82, 2.24) is 15.6 Å². The molecule has 0 spiro atoms. The first-order chi connectivity index (χ1) is 9.37.